The minimum atomic E-state index is -0.462. The minimum Gasteiger partial charge on any atom is -0.342 e. The lowest BCUT2D eigenvalue weighted by Gasteiger charge is -2.35. The molecule has 2 aliphatic heterocycles. The first-order chi connectivity index (χ1) is 13.8. The Kier molecular flexibility index (Phi) is 6.87. The maximum atomic E-state index is 13.8. The van der Waals surface area contributed by atoms with Crippen molar-refractivity contribution in [2.24, 2.45) is 5.92 Å². The number of urea groups is 1. The quantitative estimate of drug-likeness (QED) is 0.832. The second kappa shape index (κ2) is 9.37. The lowest BCUT2D eigenvalue weighted by atomic mass is 10.0. The molecule has 0 saturated carbocycles. The summed E-state index contributed by atoms with van der Waals surface area (Å²) in [5, 5.41) is 3.08. The topological polar surface area (TPSA) is 52.7 Å². The van der Waals surface area contributed by atoms with Crippen LogP contribution in [0.1, 0.15) is 45.1 Å². The summed E-state index contributed by atoms with van der Waals surface area (Å²) in [6, 6.07) is 3.42. The number of nitrogens with one attached hydrogen (secondary N) is 1. The molecule has 29 heavy (non-hydrogen) atoms. The molecule has 3 rings (SSSR count). The van der Waals surface area contributed by atoms with E-state index in [-0.39, 0.29) is 29.5 Å². The lowest BCUT2D eigenvalue weighted by Crippen LogP contribution is -2.51. The number of hydrogen-bond donors (Lipinski definition) is 1. The maximum absolute atomic E-state index is 13.8. The fraction of sp³-hybridized carbons (Fsp3) is 0.545. The zero-order chi connectivity index (χ0) is 21.0. The first-order valence-electron chi connectivity index (χ1n) is 10.3. The van der Waals surface area contributed by atoms with Crippen molar-refractivity contribution in [3.05, 3.63) is 41.0 Å². The van der Waals surface area contributed by atoms with Gasteiger partial charge in [-0.25, -0.2) is 13.6 Å². The summed E-state index contributed by atoms with van der Waals surface area (Å²) in [7, 11) is 0. The predicted octanol–water partition coefficient (Wildman–Crippen LogP) is 3.80. The molecule has 2 fully saturated rings. The normalized spacial score (nSPS) is 18.2. The van der Waals surface area contributed by atoms with Gasteiger partial charge in [0, 0.05) is 43.7 Å². The molecule has 158 valence electrons. The van der Waals surface area contributed by atoms with Gasteiger partial charge >= 0.3 is 6.03 Å². The Bertz CT molecular complexity index is 776. The summed E-state index contributed by atoms with van der Waals surface area (Å²) in [6.45, 7) is 6.26. The SMILES string of the molecule is CC(C)C(=O)N1CCC(NC(=O)N2CCC(=Cc3cc(F)ccc3F)CC2)CC1. The van der Waals surface area contributed by atoms with Crippen LogP contribution in [0.3, 0.4) is 0 Å². The monoisotopic (exact) mass is 405 g/mol. The van der Waals surface area contributed by atoms with Crippen molar-refractivity contribution in [1.82, 2.24) is 15.1 Å². The summed E-state index contributed by atoms with van der Waals surface area (Å²) in [6.07, 6.45) is 4.51. The van der Waals surface area contributed by atoms with Gasteiger partial charge in [-0.2, -0.15) is 0 Å². The zero-order valence-corrected chi connectivity index (χ0v) is 17.1. The van der Waals surface area contributed by atoms with Crippen LogP contribution in [0.25, 0.3) is 6.08 Å². The molecule has 2 saturated heterocycles. The van der Waals surface area contributed by atoms with Crippen molar-refractivity contribution in [2.75, 3.05) is 26.2 Å². The summed E-state index contributed by atoms with van der Waals surface area (Å²) in [4.78, 5) is 28.3. The number of likely N-dealkylation sites (tertiary alicyclic amines) is 2. The molecule has 1 aromatic rings. The Balaban J connectivity index is 1.46. The molecule has 0 aliphatic carbocycles. The fourth-order valence-electron chi connectivity index (χ4n) is 3.86. The maximum Gasteiger partial charge on any atom is 0.317 e. The van der Waals surface area contributed by atoms with E-state index in [1.807, 2.05) is 18.7 Å². The second-order valence-corrected chi connectivity index (χ2v) is 8.16. The van der Waals surface area contributed by atoms with Gasteiger partial charge in [-0.1, -0.05) is 25.5 Å². The summed E-state index contributed by atoms with van der Waals surface area (Å²) >= 11 is 0. The number of amides is 3. The summed E-state index contributed by atoms with van der Waals surface area (Å²) in [5.41, 5.74) is 1.26. The van der Waals surface area contributed by atoms with Crippen LogP contribution in [-0.2, 0) is 4.79 Å². The molecule has 0 aromatic heterocycles. The van der Waals surface area contributed by atoms with Gasteiger partial charge < -0.3 is 15.1 Å². The third kappa shape index (κ3) is 5.55. The molecular weight excluding hydrogens is 376 g/mol. The summed E-state index contributed by atoms with van der Waals surface area (Å²) in [5.74, 6) is -0.741. The first kappa shape index (κ1) is 21.3. The minimum absolute atomic E-state index is 0.00223. The third-order valence-corrected chi connectivity index (χ3v) is 5.64. The molecule has 7 heteroatoms. The van der Waals surface area contributed by atoms with Gasteiger partial charge in [-0.3, -0.25) is 4.79 Å². The first-order valence-corrected chi connectivity index (χ1v) is 10.3. The molecule has 0 unspecified atom stereocenters. The van der Waals surface area contributed by atoms with Crippen LogP contribution in [0.5, 0.6) is 0 Å². The van der Waals surface area contributed by atoms with Crippen LogP contribution in [0.2, 0.25) is 0 Å². The molecular formula is C22H29F2N3O2. The Labute approximate surface area is 170 Å². The Morgan fingerprint density at radius 2 is 1.72 bits per heavy atom. The highest BCUT2D eigenvalue weighted by Crippen LogP contribution is 2.22. The van der Waals surface area contributed by atoms with Crippen molar-refractivity contribution >= 4 is 18.0 Å². The van der Waals surface area contributed by atoms with Gasteiger partial charge in [0.1, 0.15) is 11.6 Å². The van der Waals surface area contributed by atoms with E-state index in [4.69, 9.17) is 0 Å². The van der Waals surface area contributed by atoms with Crippen LogP contribution in [0, 0.1) is 17.6 Å². The van der Waals surface area contributed by atoms with Crippen molar-refractivity contribution in [3.8, 4) is 0 Å². The molecule has 0 radical (unpaired) electrons. The molecule has 2 aliphatic rings. The van der Waals surface area contributed by atoms with Crippen LogP contribution >= 0.6 is 0 Å². The number of piperidine rings is 2. The molecule has 1 N–H and O–H groups in total. The van der Waals surface area contributed by atoms with Crippen molar-refractivity contribution in [2.45, 2.75) is 45.6 Å². The number of benzene rings is 1. The number of carbonyl (C=O) groups is 2. The highest BCUT2D eigenvalue weighted by molar-refractivity contribution is 5.78. The largest absolute Gasteiger partial charge is 0.342 e. The van der Waals surface area contributed by atoms with Crippen molar-refractivity contribution in [1.29, 1.82) is 0 Å². The highest BCUT2D eigenvalue weighted by atomic mass is 19.1. The number of nitrogens with zero attached hydrogens (tertiary/aromatic N) is 2. The smallest absolute Gasteiger partial charge is 0.317 e. The molecule has 2 heterocycles. The van der Waals surface area contributed by atoms with Gasteiger partial charge in [0.25, 0.3) is 0 Å². The van der Waals surface area contributed by atoms with Gasteiger partial charge in [-0.15, -0.1) is 0 Å². The number of carbonyl (C=O) groups excluding carboxylic acids is 2. The van der Waals surface area contributed by atoms with Crippen LogP contribution < -0.4 is 5.32 Å². The fourth-order valence-corrected chi connectivity index (χ4v) is 3.86. The van der Waals surface area contributed by atoms with Crippen molar-refractivity contribution < 1.29 is 18.4 Å². The summed E-state index contributed by atoms with van der Waals surface area (Å²) < 4.78 is 27.1. The molecule has 0 atom stereocenters. The molecule has 3 amide bonds. The van der Waals surface area contributed by atoms with Gasteiger partial charge in [0.2, 0.25) is 5.91 Å². The Morgan fingerprint density at radius 1 is 1.07 bits per heavy atom. The lowest BCUT2D eigenvalue weighted by molar-refractivity contribution is -0.135. The van der Waals surface area contributed by atoms with Gasteiger partial charge in [-0.05, 0) is 43.9 Å². The van der Waals surface area contributed by atoms with E-state index in [0.29, 0.717) is 39.0 Å². The van der Waals surface area contributed by atoms with E-state index in [2.05, 4.69) is 5.32 Å². The predicted molar refractivity (Wildman–Crippen MR) is 108 cm³/mol. The van der Waals surface area contributed by atoms with E-state index in [1.165, 1.54) is 6.07 Å². The van der Waals surface area contributed by atoms with Crippen LogP contribution in [-0.4, -0.2) is 54.0 Å². The van der Waals surface area contributed by atoms with Crippen LogP contribution in [0.15, 0.2) is 23.8 Å². The second-order valence-electron chi connectivity index (χ2n) is 8.16. The van der Waals surface area contributed by atoms with E-state index in [0.717, 1.165) is 30.5 Å². The van der Waals surface area contributed by atoms with E-state index >= 15 is 0 Å². The van der Waals surface area contributed by atoms with E-state index in [1.54, 1.807) is 11.0 Å². The Morgan fingerprint density at radius 3 is 2.34 bits per heavy atom. The van der Waals surface area contributed by atoms with E-state index < -0.39 is 11.6 Å². The molecule has 0 spiro atoms. The number of rotatable bonds is 3. The third-order valence-electron chi connectivity index (χ3n) is 5.64. The highest BCUT2D eigenvalue weighted by Gasteiger charge is 2.27. The standard InChI is InChI=1S/C22H29F2N3O2/c1-15(2)21(28)26-11-7-19(8-12-26)25-22(29)27-9-5-16(6-10-27)13-17-14-18(23)3-4-20(17)24/h3-4,13-15,19H,5-12H2,1-2H3,(H,25,29). The number of halogens is 2. The average Bonchev–Trinajstić information content (AvgIpc) is 2.71. The zero-order valence-electron chi connectivity index (χ0n) is 17.1. The van der Waals surface area contributed by atoms with E-state index in [9.17, 15) is 18.4 Å². The Hall–Kier alpha value is -2.44. The van der Waals surface area contributed by atoms with Gasteiger partial charge in [0.05, 0.1) is 0 Å². The molecule has 0 bridgehead atoms. The van der Waals surface area contributed by atoms with Crippen LogP contribution in [0.4, 0.5) is 13.6 Å². The van der Waals surface area contributed by atoms with Crippen molar-refractivity contribution in [3.63, 3.8) is 0 Å². The van der Waals surface area contributed by atoms with Gasteiger partial charge in [0.15, 0.2) is 0 Å². The average molecular weight is 405 g/mol. The number of hydrogen-bond acceptors (Lipinski definition) is 2. The molecule has 1 aromatic carbocycles. The molecule has 5 nitrogen and oxygen atoms in total.